The fourth-order valence-corrected chi connectivity index (χ4v) is 11.7. The molecule has 0 N–H and O–H groups in total. The molecule has 15 heteroatoms. The molecule has 4 aliphatic rings. The van der Waals surface area contributed by atoms with Crippen molar-refractivity contribution in [1.29, 1.82) is 0 Å². The number of hydrogen-bond donors (Lipinski definition) is 0. The first-order chi connectivity index (χ1) is 13.4. The van der Waals surface area contributed by atoms with E-state index in [9.17, 15) is 16.8 Å². The van der Waals surface area contributed by atoms with Crippen LogP contribution in [0.15, 0.2) is 20.6 Å². The molecule has 4 rings (SSSR count). The van der Waals surface area contributed by atoms with Crippen molar-refractivity contribution in [3.63, 3.8) is 0 Å². The van der Waals surface area contributed by atoms with Crippen LogP contribution in [0.2, 0.25) is 0 Å². The van der Waals surface area contributed by atoms with Gasteiger partial charge in [0.2, 0.25) is 20.0 Å². The van der Waals surface area contributed by atoms with Gasteiger partial charge in [-0.1, -0.05) is 43.2 Å². The Bertz CT molecular complexity index is 738. The smallest absolute Gasteiger partial charge is 0.240 e. The van der Waals surface area contributed by atoms with E-state index in [4.69, 9.17) is 9.47 Å². The molecule has 171 valence electrons. The summed E-state index contributed by atoms with van der Waals surface area (Å²) in [4.78, 5) is 1.07. The first kappa shape index (κ1) is 26.4. The van der Waals surface area contributed by atoms with Crippen LogP contribution in [0.1, 0.15) is 0 Å². The van der Waals surface area contributed by atoms with Gasteiger partial charge in [0.1, 0.15) is 0 Å². The van der Waals surface area contributed by atoms with E-state index in [0.717, 1.165) is 0 Å². The van der Waals surface area contributed by atoms with Crippen molar-refractivity contribution in [3.05, 3.63) is 20.6 Å². The predicted molar refractivity (Wildman–Crippen MR) is 119 cm³/mol. The van der Waals surface area contributed by atoms with Gasteiger partial charge in [-0.05, 0) is 10.8 Å². The molecule has 0 aliphatic carbocycles. The zero-order valence-corrected chi connectivity index (χ0v) is 21.2. The van der Waals surface area contributed by atoms with Gasteiger partial charge in [0.15, 0.2) is 0 Å². The van der Waals surface area contributed by atoms with Crippen LogP contribution in [0.5, 0.6) is 0 Å². The van der Waals surface area contributed by atoms with Gasteiger partial charge in [-0.15, -0.1) is 0 Å². The zero-order chi connectivity index (χ0) is 20.0. The number of morpholine rings is 2. The number of nitrogens with zero attached hydrogens (tertiary/aromatic N) is 2. The molecule has 0 aromatic rings. The maximum Gasteiger partial charge on any atom is 0.240 e. The number of ether oxygens (including phenoxy) is 2. The molecule has 8 nitrogen and oxygen atoms in total. The first-order valence-corrected chi connectivity index (χ1v) is 16.2. The molecule has 0 bridgehead atoms. The minimum atomic E-state index is -3.19. The Morgan fingerprint density at radius 2 is 1.03 bits per heavy atom. The van der Waals surface area contributed by atoms with E-state index in [1.165, 1.54) is 30.2 Å². The fourth-order valence-electron chi connectivity index (χ4n) is 2.60. The SMILES string of the molecule is O=S(=O)(C1=CSSC1)N1CCOCC1.O=S(=O)(C1=CSSC1)N1CCOCC1.[Cu]. The van der Waals surface area contributed by atoms with Gasteiger partial charge in [0.25, 0.3) is 0 Å². The zero-order valence-electron chi connectivity index (χ0n) is 15.3. The molecule has 2 fully saturated rings. The van der Waals surface area contributed by atoms with E-state index >= 15 is 0 Å². The summed E-state index contributed by atoms with van der Waals surface area (Å²) in [7, 11) is -0.277. The van der Waals surface area contributed by atoms with Gasteiger partial charge in [0.05, 0.1) is 36.2 Å². The Morgan fingerprint density at radius 3 is 1.31 bits per heavy atom. The van der Waals surface area contributed by atoms with E-state index in [2.05, 4.69) is 0 Å². The second-order valence-electron chi connectivity index (χ2n) is 5.92. The summed E-state index contributed by atoms with van der Waals surface area (Å²) in [5, 5.41) is 3.46. The molecule has 0 spiro atoms. The maximum atomic E-state index is 12.0. The summed E-state index contributed by atoms with van der Waals surface area (Å²) < 4.78 is 61.1. The quantitative estimate of drug-likeness (QED) is 0.368. The van der Waals surface area contributed by atoms with Crippen LogP contribution in [0.3, 0.4) is 0 Å². The van der Waals surface area contributed by atoms with Crippen LogP contribution in [0.4, 0.5) is 0 Å². The van der Waals surface area contributed by atoms with E-state index < -0.39 is 20.0 Å². The van der Waals surface area contributed by atoms with Gasteiger partial charge < -0.3 is 9.47 Å². The molecule has 0 saturated carbocycles. The third kappa shape index (κ3) is 7.06. The van der Waals surface area contributed by atoms with Gasteiger partial charge in [-0.25, -0.2) is 16.8 Å². The second-order valence-corrected chi connectivity index (χ2v) is 14.4. The number of rotatable bonds is 4. The Labute approximate surface area is 198 Å². The van der Waals surface area contributed by atoms with Crippen LogP contribution < -0.4 is 0 Å². The summed E-state index contributed by atoms with van der Waals surface area (Å²) in [6.07, 6.45) is 0. The van der Waals surface area contributed by atoms with Crippen molar-refractivity contribution in [2.75, 3.05) is 64.1 Å². The minimum absolute atomic E-state index is 0. The first-order valence-electron chi connectivity index (χ1n) is 8.53. The third-order valence-electron chi connectivity index (χ3n) is 4.18. The summed E-state index contributed by atoms with van der Waals surface area (Å²) in [6.45, 7) is 3.95. The van der Waals surface area contributed by atoms with E-state index in [1.54, 1.807) is 32.4 Å². The Morgan fingerprint density at radius 1 is 0.690 bits per heavy atom. The van der Waals surface area contributed by atoms with E-state index in [0.29, 0.717) is 73.9 Å². The van der Waals surface area contributed by atoms with Gasteiger partial charge in [-0.3, -0.25) is 0 Å². The molecule has 4 aliphatic heterocycles. The third-order valence-corrected chi connectivity index (χ3v) is 12.8. The molecule has 0 amide bonds. The minimum Gasteiger partial charge on any atom is -0.379 e. The molecule has 2 saturated heterocycles. The summed E-state index contributed by atoms with van der Waals surface area (Å²) in [6, 6.07) is 0. The Hall–Kier alpha value is 1.14. The van der Waals surface area contributed by atoms with E-state index in [1.807, 2.05) is 0 Å². The normalized spacial score (nSPS) is 24.1. The maximum absolute atomic E-state index is 12.0. The van der Waals surface area contributed by atoms with Crippen molar-refractivity contribution in [1.82, 2.24) is 8.61 Å². The standard InChI is InChI=1S/2C7H11NO3S3.Cu/c2*9-14(10,7-5-12-13-6-7)8-1-3-11-4-2-8;/h2*5H,1-4,6H2;. The molecule has 4 heterocycles. The molecule has 29 heavy (non-hydrogen) atoms. The van der Waals surface area contributed by atoms with Crippen molar-refractivity contribution in [2.24, 2.45) is 0 Å². The molecule has 1 radical (unpaired) electrons. The topological polar surface area (TPSA) is 93.2 Å². The van der Waals surface area contributed by atoms with Gasteiger partial charge in [-0.2, -0.15) is 8.61 Å². The van der Waals surface area contributed by atoms with Crippen molar-refractivity contribution in [3.8, 4) is 0 Å². The Balaban J connectivity index is 0.000000200. The molecular weight excluding hydrogens is 548 g/mol. The molecule has 0 unspecified atom stereocenters. The van der Waals surface area contributed by atoms with Crippen molar-refractivity contribution in [2.45, 2.75) is 0 Å². The average Bonchev–Trinajstić information content (AvgIpc) is 3.44. The molecular formula is C14H22CuN2O6S6. The van der Waals surface area contributed by atoms with Crippen LogP contribution in [0.25, 0.3) is 0 Å². The van der Waals surface area contributed by atoms with Crippen LogP contribution in [-0.2, 0) is 46.6 Å². The predicted octanol–water partition coefficient (Wildman–Crippen LogP) is 1.77. The van der Waals surface area contributed by atoms with Crippen molar-refractivity contribution < 1.29 is 43.4 Å². The van der Waals surface area contributed by atoms with Crippen LogP contribution in [0, 0.1) is 0 Å². The summed E-state index contributed by atoms with van der Waals surface area (Å²) in [5.41, 5.74) is 0. The Kier molecular flexibility index (Phi) is 11.3. The second kappa shape index (κ2) is 12.4. The summed E-state index contributed by atoms with van der Waals surface area (Å²) in [5.74, 6) is 1.18. The summed E-state index contributed by atoms with van der Waals surface area (Å²) >= 11 is 0. The monoisotopic (exact) mass is 569 g/mol. The number of sulfonamides is 2. The van der Waals surface area contributed by atoms with Crippen LogP contribution >= 0.6 is 43.2 Å². The average molecular weight is 570 g/mol. The molecule has 0 aromatic carbocycles. The molecule has 0 atom stereocenters. The number of hydrogen-bond acceptors (Lipinski definition) is 10. The molecule has 0 aromatic heterocycles. The van der Waals surface area contributed by atoms with Crippen molar-refractivity contribution >= 4 is 63.2 Å². The van der Waals surface area contributed by atoms with Crippen LogP contribution in [-0.4, -0.2) is 89.6 Å². The fraction of sp³-hybridized carbons (Fsp3) is 0.714. The van der Waals surface area contributed by atoms with Gasteiger partial charge in [0, 0.05) is 54.8 Å². The van der Waals surface area contributed by atoms with E-state index in [-0.39, 0.29) is 17.1 Å². The van der Waals surface area contributed by atoms with Gasteiger partial charge >= 0.3 is 0 Å². The largest absolute Gasteiger partial charge is 0.379 e.